The quantitative estimate of drug-likeness (QED) is 0.0222. The zero-order valence-corrected chi connectivity index (χ0v) is 73.1. The van der Waals surface area contributed by atoms with E-state index in [-0.39, 0.29) is 25.7 Å². The number of carbonyl (C=O) groups excluding carboxylic acids is 4. The lowest BCUT2D eigenvalue weighted by Crippen LogP contribution is -2.30. The van der Waals surface area contributed by atoms with E-state index in [1.165, 1.54) is 283 Å². The molecule has 0 radical (unpaired) electrons. The van der Waals surface area contributed by atoms with Crippen LogP contribution in [0.25, 0.3) is 0 Å². The van der Waals surface area contributed by atoms with Gasteiger partial charge in [-0.2, -0.15) is 0 Å². The number of aliphatic hydroxyl groups is 1. The summed E-state index contributed by atoms with van der Waals surface area (Å²) in [7, 11) is -9.93. The average molecular weight is 1580 g/mol. The fraction of sp³-hybridized carbons (Fsp3) is 0.955. The van der Waals surface area contributed by atoms with Crippen molar-refractivity contribution in [2.24, 2.45) is 17.8 Å². The van der Waals surface area contributed by atoms with Crippen LogP contribution in [0, 0.1) is 17.8 Å². The van der Waals surface area contributed by atoms with Crippen molar-refractivity contribution in [2.75, 3.05) is 39.6 Å². The molecule has 4 unspecified atom stereocenters. The molecule has 0 saturated carbocycles. The average Bonchev–Trinajstić information content (AvgIpc) is 0.892. The summed E-state index contributed by atoms with van der Waals surface area (Å²) >= 11 is 0. The van der Waals surface area contributed by atoms with Crippen LogP contribution in [0.1, 0.15) is 472 Å². The maximum atomic E-state index is 13.2. The van der Waals surface area contributed by atoms with Crippen molar-refractivity contribution in [1.82, 2.24) is 0 Å². The molecule has 0 aromatic carbocycles. The lowest BCUT2D eigenvalue weighted by Gasteiger charge is -2.21. The van der Waals surface area contributed by atoms with Crippen LogP contribution in [-0.2, 0) is 65.4 Å². The van der Waals surface area contributed by atoms with Gasteiger partial charge in [-0.3, -0.25) is 37.3 Å². The predicted molar refractivity (Wildman–Crippen MR) is 446 cm³/mol. The third kappa shape index (κ3) is 79.3. The summed E-state index contributed by atoms with van der Waals surface area (Å²) in [6.45, 7) is 12.1. The number of unbranched alkanes of at least 4 members (excludes halogenated alkanes) is 53. The number of esters is 4. The van der Waals surface area contributed by atoms with E-state index in [1.807, 2.05) is 0 Å². The minimum atomic E-state index is -4.97. The molecule has 0 saturated heterocycles. The first-order valence-electron chi connectivity index (χ1n) is 45.9. The second-order valence-corrected chi connectivity index (χ2v) is 35.9. The van der Waals surface area contributed by atoms with E-state index >= 15 is 0 Å². The first-order chi connectivity index (χ1) is 52.3. The van der Waals surface area contributed by atoms with Crippen LogP contribution in [0.4, 0.5) is 0 Å². The maximum Gasteiger partial charge on any atom is 0.472 e. The van der Waals surface area contributed by atoms with E-state index in [0.717, 1.165) is 108 Å². The highest BCUT2D eigenvalue weighted by Gasteiger charge is 2.31. The zero-order valence-electron chi connectivity index (χ0n) is 71.3. The van der Waals surface area contributed by atoms with Gasteiger partial charge in [0.1, 0.15) is 19.3 Å². The molecule has 108 heavy (non-hydrogen) atoms. The van der Waals surface area contributed by atoms with Crippen LogP contribution in [-0.4, -0.2) is 96.7 Å². The van der Waals surface area contributed by atoms with Gasteiger partial charge < -0.3 is 33.8 Å². The molecule has 0 bridgehead atoms. The smallest absolute Gasteiger partial charge is 0.462 e. The van der Waals surface area contributed by atoms with Crippen molar-refractivity contribution in [3.63, 3.8) is 0 Å². The summed E-state index contributed by atoms with van der Waals surface area (Å²) in [6.07, 6.45) is 70.8. The van der Waals surface area contributed by atoms with Gasteiger partial charge in [-0.05, 0) is 43.4 Å². The highest BCUT2D eigenvalue weighted by molar-refractivity contribution is 7.47. The number of hydrogen-bond acceptors (Lipinski definition) is 15. The molecule has 0 aromatic rings. The molecule has 0 aliphatic carbocycles. The molecule has 0 aliphatic heterocycles. The van der Waals surface area contributed by atoms with Crippen LogP contribution in [0.2, 0.25) is 0 Å². The van der Waals surface area contributed by atoms with Crippen LogP contribution in [0.5, 0.6) is 0 Å². The second kappa shape index (κ2) is 78.9. The third-order valence-electron chi connectivity index (χ3n) is 21.6. The van der Waals surface area contributed by atoms with Crippen LogP contribution < -0.4 is 0 Å². The standard InChI is InChI=1S/C89H174O17P2/c1-8-11-12-13-14-15-16-17-18-19-20-21-22-23-24-25-32-37-42-51-58-65-72-88(93)105-84(76-99-86(91)70-63-56-49-41-36-31-27-26-30-35-40-47-54-61-68-81(6)9-2)78-103-107(95,96)101-74-83(90)75-102-108(97,98)104-79-85(77-100-87(92)71-64-57-50-45-44-48-55-62-69-82(7)10-3)106-89(94)73-66-59-52-43-38-33-28-29-34-39-46-53-60-67-80(4)5/h80-85,90H,8-79H2,1-7H3,(H,95,96)(H,97,98)/t81?,82?,83-,84-,85-/m1/s1. The first-order valence-corrected chi connectivity index (χ1v) is 48.9. The molecule has 0 fully saturated rings. The summed E-state index contributed by atoms with van der Waals surface area (Å²) in [5.74, 6) is 0.312. The molecule has 7 atom stereocenters. The molecular weight excluding hydrogens is 1400 g/mol. The van der Waals surface area contributed by atoms with Gasteiger partial charge in [0.05, 0.1) is 26.4 Å². The molecule has 0 heterocycles. The highest BCUT2D eigenvalue weighted by atomic mass is 31.2. The van der Waals surface area contributed by atoms with E-state index in [4.69, 9.17) is 37.0 Å². The Morgan fingerprint density at radius 3 is 0.704 bits per heavy atom. The van der Waals surface area contributed by atoms with Crippen LogP contribution >= 0.6 is 15.6 Å². The summed E-state index contributed by atoms with van der Waals surface area (Å²) in [6, 6.07) is 0. The van der Waals surface area contributed by atoms with E-state index in [1.54, 1.807) is 0 Å². The molecule has 17 nitrogen and oxygen atoms in total. The summed E-state index contributed by atoms with van der Waals surface area (Å²) in [5.41, 5.74) is 0. The van der Waals surface area contributed by atoms with Crippen molar-refractivity contribution in [3.05, 3.63) is 0 Å². The Labute approximate surface area is 664 Å². The van der Waals surface area contributed by atoms with Crippen LogP contribution in [0.15, 0.2) is 0 Å². The van der Waals surface area contributed by atoms with Gasteiger partial charge in [0.2, 0.25) is 0 Å². The molecule has 0 rings (SSSR count). The lowest BCUT2D eigenvalue weighted by atomic mass is 9.99. The largest absolute Gasteiger partial charge is 0.472 e. The molecule has 19 heteroatoms. The number of phosphoric acid groups is 2. The van der Waals surface area contributed by atoms with Crippen molar-refractivity contribution < 1.29 is 80.2 Å². The molecule has 0 aliphatic rings. The molecular formula is C89H174O17P2. The molecule has 0 aromatic heterocycles. The number of carbonyl (C=O) groups is 4. The van der Waals surface area contributed by atoms with Gasteiger partial charge >= 0.3 is 39.5 Å². The molecule has 3 N–H and O–H groups in total. The van der Waals surface area contributed by atoms with Gasteiger partial charge in [-0.25, -0.2) is 9.13 Å². The Hall–Kier alpha value is -1.94. The van der Waals surface area contributed by atoms with Crippen molar-refractivity contribution in [3.8, 4) is 0 Å². The Morgan fingerprint density at radius 1 is 0.269 bits per heavy atom. The summed E-state index contributed by atoms with van der Waals surface area (Å²) in [4.78, 5) is 73.4. The van der Waals surface area contributed by atoms with Crippen molar-refractivity contribution >= 4 is 39.5 Å². The minimum Gasteiger partial charge on any atom is -0.462 e. The van der Waals surface area contributed by atoms with Gasteiger partial charge in [0.25, 0.3) is 0 Å². The molecule has 0 spiro atoms. The van der Waals surface area contributed by atoms with Gasteiger partial charge in [0.15, 0.2) is 12.2 Å². The lowest BCUT2D eigenvalue weighted by molar-refractivity contribution is -0.161. The number of phosphoric ester groups is 2. The Bertz CT molecular complexity index is 2080. The van der Waals surface area contributed by atoms with Crippen molar-refractivity contribution in [1.29, 1.82) is 0 Å². The van der Waals surface area contributed by atoms with Gasteiger partial charge in [0, 0.05) is 25.7 Å². The van der Waals surface area contributed by atoms with E-state index in [9.17, 15) is 43.2 Å². The zero-order chi connectivity index (χ0) is 79.3. The monoisotopic (exact) mass is 1580 g/mol. The van der Waals surface area contributed by atoms with E-state index in [2.05, 4.69) is 48.5 Å². The fourth-order valence-electron chi connectivity index (χ4n) is 13.8. The topological polar surface area (TPSA) is 237 Å². The van der Waals surface area contributed by atoms with E-state index < -0.39 is 97.5 Å². The third-order valence-corrected chi connectivity index (χ3v) is 23.5. The minimum absolute atomic E-state index is 0.107. The highest BCUT2D eigenvalue weighted by Crippen LogP contribution is 2.45. The normalized spacial score (nSPS) is 14.3. The van der Waals surface area contributed by atoms with Crippen LogP contribution in [0.3, 0.4) is 0 Å². The Morgan fingerprint density at radius 2 is 0.472 bits per heavy atom. The summed E-state index contributed by atoms with van der Waals surface area (Å²) < 4.78 is 69.0. The molecule has 642 valence electrons. The maximum absolute atomic E-state index is 13.2. The van der Waals surface area contributed by atoms with Crippen molar-refractivity contribution in [2.45, 2.75) is 491 Å². The Balaban J connectivity index is 5.25. The number of aliphatic hydroxyl groups excluding tert-OH is 1. The Kier molecular flexibility index (Phi) is 77.5. The summed E-state index contributed by atoms with van der Waals surface area (Å²) in [5, 5.41) is 10.7. The first kappa shape index (κ1) is 106. The van der Waals surface area contributed by atoms with Gasteiger partial charge in [-0.15, -0.1) is 0 Å². The SMILES string of the molecule is CCCCCCCCCCCCCCCCCCCCCCCCC(=O)O[C@H](COC(=O)CCCCCCCCCCCCCCCCC(C)CC)COP(=O)(O)OC[C@@H](O)COP(=O)(O)OC[C@@H](COC(=O)CCCCCCCCCCC(C)CC)OC(=O)CCCCCCCCCCCCCCCC(C)C. The number of hydrogen-bond donors (Lipinski definition) is 3. The second-order valence-electron chi connectivity index (χ2n) is 32.9. The fourth-order valence-corrected chi connectivity index (χ4v) is 15.4. The van der Waals surface area contributed by atoms with Gasteiger partial charge in [-0.1, -0.05) is 421 Å². The number of ether oxygens (including phenoxy) is 4. The van der Waals surface area contributed by atoms with E-state index in [0.29, 0.717) is 25.7 Å². The molecule has 0 amide bonds. The predicted octanol–water partition coefficient (Wildman–Crippen LogP) is 27.3. The number of rotatable bonds is 87.